The maximum atomic E-state index is 13.6. The molecule has 1 N–H and O–H groups in total. The largest absolute Gasteiger partial charge is 0.477 e. The predicted octanol–water partition coefficient (Wildman–Crippen LogP) is 3.28. The number of carboxylic acid groups (broad SMARTS) is 1. The summed E-state index contributed by atoms with van der Waals surface area (Å²) >= 11 is 5.63. The average molecular weight is 274 g/mol. The number of nitrogens with zero attached hydrogens (tertiary/aromatic N) is 1. The van der Waals surface area contributed by atoms with Crippen molar-refractivity contribution >= 4 is 17.6 Å². The molecule has 18 heavy (non-hydrogen) atoms. The van der Waals surface area contributed by atoms with Gasteiger partial charge < -0.3 is 9.63 Å². The number of aromatic carboxylic acids is 1. The van der Waals surface area contributed by atoms with E-state index in [1.807, 2.05) is 0 Å². The molecule has 0 saturated heterocycles. The van der Waals surface area contributed by atoms with Crippen LogP contribution < -0.4 is 0 Å². The lowest BCUT2D eigenvalue weighted by atomic mass is 10.1. The Bertz CT molecular complexity index is 639. The van der Waals surface area contributed by atoms with Crippen molar-refractivity contribution in [1.82, 2.24) is 5.16 Å². The normalized spacial score (nSPS) is 10.7. The van der Waals surface area contributed by atoms with Crippen molar-refractivity contribution < 1.29 is 23.2 Å². The van der Waals surface area contributed by atoms with Gasteiger partial charge >= 0.3 is 5.97 Å². The van der Waals surface area contributed by atoms with Gasteiger partial charge in [-0.2, -0.15) is 0 Å². The van der Waals surface area contributed by atoms with Gasteiger partial charge in [-0.05, 0) is 19.1 Å². The Hall–Kier alpha value is -1.95. The summed E-state index contributed by atoms with van der Waals surface area (Å²) in [5.74, 6) is -3.12. The molecule has 0 atom stereocenters. The van der Waals surface area contributed by atoms with Crippen LogP contribution in [0.25, 0.3) is 11.3 Å². The molecule has 0 saturated carbocycles. The minimum Gasteiger partial charge on any atom is -0.477 e. The van der Waals surface area contributed by atoms with Crippen LogP contribution in [-0.4, -0.2) is 16.2 Å². The van der Waals surface area contributed by atoms with E-state index in [1.165, 1.54) is 6.92 Å². The zero-order valence-corrected chi connectivity index (χ0v) is 9.76. The van der Waals surface area contributed by atoms with Crippen LogP contribution in [0.4, 0.5) is 8.78 Å². The first kappa shape index (κ1) is 12.5. The fraction of sp³-hybridized carbons (Fsp3) is 0.0909. The number of rotatable bonds is 2. The number of hydrogen-bond donors (Lipinski definition) is 1. The van der Waals surface area contributed by atoms with E-state index in [2.05, 4.69) is 9.68 Å². The zero-order chi connectivity index (χ0) is 13.4. The molecule has 0 bridgehead atoms. The van der Waals surface area contributed by atoms with Crippen LogP contribution in [-0.2, 0) is 0 Å². The predicted molar refractivity (Wildman–Crippen MR) is 58.6 cm³/mol. The Balaban J connectivity index is 2.78. The summed E-state index contributed by atoms with van der Waals surface area (Å²) in [6, 6.07) is 1.68. The van der Waals surface area contributed by atoms with Crippen LogP contribution in [0.2, 0.25) is 5.02 Å². The van der Waals surface area contributed by atoms with Crippen molar-refractivity contribution in [2.75, 3.05) is 0 Å². The second kappa shape index (κ2) is 4.38. The van der Waals surface area contributed by atoms with Gasteiger partial charge in [0.25, 0.3) is 0 Å². The van der Waals surface area contributed by atoms with E-state index in [0.717, 1.165) is 12.1 Å². The number of aromatic nitrogens is 1. The van der Waals surface area contributed by atoms with E-state index in [4.69, 9.17) is 16.7 Å². The molecule has 0 aliphatic rings. The zero-order valence-electron chi connectivity index (χ0n) is 9.00. The van der Waals surface area contributed by atoms with Crippen LogP contribution in [0.3, 0.4) is 0 Å². The quantitative estimate of drug-likeness (QED) is 0.853. The van der Waals surface area contributed by atoms with Gasteiger partial charge in [-0.3, -0.25) is 0 Å². The van der Waals surface area contributed by atoms with E-state index in [1.54, 1.807) is 0 Å². The van der Waals surface area contributed by atoms with Gasteiger partial charge in [-0.25, -0.2) is 13.6 Å². The van der Waals surface area contributed by atoms with Gasteiger partial charge in [0.05, 0.1) is 10.6 Å². The molecule has 2 aromatic rings. The van der Waals surface area contributed by atoms with Gasteiger partial charge in [0, 0.05) is 0 Å². The summed E-state index contributed by atoms with van der Waals surface area (Å²) in [6.07, 6.45) is 0. The minimum atomic E-state index is -1.36. The fourth-order valence-electron chi connectivity index (χ4n) is 1.54. The van der Waals surface area contributed by atoms with Crippen LogP contribution >= 0.6 is 11.6 Å². The van der Waals surface area contributed by atoms with E-state index in [-0.39, 0.29) is 17.0 Å². The number of hydrogen-bond acceptors (Lipinski definition) is 3. The number of carbonyl (C=O) groups is 1. The molecule has 0 fully saturated rings. The SMILES string of the molecule is Cc1onc(-c2c(F)ccc(F)c2Cl)c1C(=O)O. The number of carboxylic acids is 1. The Kier molecular flexibility index (Phi) is 3.04. The smallest absolute Gasteiger partial charge is 0.341 e. The Morgan fingerprint density at radius 3 is 2.61 bits per heavy atom. The number of halogens is 3. The summed E-state index contributed by atoms with van der Waals surface area (Å²) in [5, 5.41) is 11.9. The monoisotopic (exact) mass is 273 g/mol. The standard InChI is InChI=1S/C11H6ClF2NO3/c1-4-7(11(16)17)10(15-18-4)8-5(13)2-3-6(14)9(8)12/h2-3H,1H3,(H,16,17). The van der Waals surface area contributed by atoms with Gasteiger partial charge in [0.1, 0.15) is 28.7 Å². The van der Waals surface area contributed by atoms with Crippen LogP contribution in [0.5, 0.6) is 0 Å². The first-order valence-corrected chi connectivity index (χ1v) is 5.14. The molecule has 0 aliphatic heterocycles. The van der Waals surface area contributed by atoms with Gasteiger partial charge in [-0.15, -0.1) is 0 Å². The molecule has 7 heteroatoms. The maximum Gasteiger partial charge on any atom is 0.341 e. The summed E-state index contributed by atoms with van der Waals surface area (Å²) < 4.78 is 31.6. The molecule has 94 valence electrons. The van der Waals surface area contributed by atoms with Crippen molar-refractivity contribution in [3.05, 3.63) is 40.1 Å². The molecule has 0 radical (unpaired) electrons. The molecule has 1 aromatic heterocycles. The van der Waals surface area contributed by atoms with E-state index in [0.29, 0.717) is 0 Å². The Labute approximate surface area is 105 Å². The maximum absolute atomic E-state index is 13.6. The second-order valence-corrected chi connectivity index (χ2v) is 3.86. The minimum absolute atomic E-state index is 0.0165. The fourth-order valence-corrected chi connectivity index (χ4v) is 1.78. The van der Waals surface area contributed by atoms with Crippen molar-refractivity contribution in [3.8, 4) is 11.3 Å². The highest BCUT2D eigenvalue weighted by Crippen LogP contribution is 2.34. The third-order valence-electron chi connectivity index (χ3n) is 2.36. The lowest BCUT2D eigenvalue weighted by molar-refractivity contribution is 0.0696. The molecular weight excluding hydrogens is 268 g/mol. The Morgan fingerprint density at radius 1 is 1.39 bits per heavy atom. The van der Waals surface area contributed by atoms with E-state index in [9.17, 15) is 13.6 Å². The number of aryl methyl sites for hydroxylation is 1. The number of benzene rings is 1. The van der Waals surface area contributed by atoms with Gasteiger partial charge in [0.2, 0.25) is 0 Å². The van der Waals surface area contributed by atoms with Gasteiger partial charge in [0.15, 0.2) is 0 Å². The van der Waals surface area contributed by atoms with Gasteiger partial charge in [-0.1, -0.05) is 16.8 Å². The van der Waals surface area contributed by atoms with Crippen LogP contribution in [0.1, 0.15) is 16.1 Å². The summed E-state index contributed by atoms with van der Waals surface area (Å²) in [6.45, 7) is 1.35. The van der Waals surface area contributed by atoms with E-state index < -0.39 is 28.2 Å². The first-order valence-electron chi connectivity index (χ1n) is 4.77. The summed E-state index contributed by atoms with van der Waals surface area (Å²) in [4.78, 5) is 11.0. The van der Waals surface area contributed by atoms with E-state index >= 15 is 0 Å². The molecular formula is C11H6ClF2NO3. The molecule has 0 unspecified atom stereocenters. The molecule has 0 aliphatic carbocycles. The van der Waals surface area contributed by atoms with Crippen molar-refractivity contribution in [2.45, 2.75) is 6.92 Å². The lowest BCUT2D eigenvalue weighted by Gasteiger charge is -2.04. The van der Waals surface area contributed by atoms with Crippen molar-refractivity contribution in [2.24, 2.45) is 0 Å². The molecule has 1 aromatic carbocycles. The van der Waals surface area contributed by atoms with Crippen molar-refractivity contribution in [1.29, 1.82) is 0 Å². The molecule has 2 rings (SSSR count). The molecule has 4 nitrogen and oxygen atoms in total. The highest BCUT2D eigenvalue weighted by atomic mass is 35.5. The average Bonchev–Trinajstić information content (AvgIpc) is 2.66. The molecule has 0 spiro atoms. The molecule has 0 amide bonds. The third-order valence-corrected chi connectivity index (χ3v) is 2.73. The second-order valence-electron chi connectivity index (χ2n) is 3.49. The topological polar surface area (TPSA) is 63.3 Å². The highest BCUT2D eigenvalue weighted by molar-refractivity contribution is 6.33. The van der Waals surface area contributed by atoms with Crippen molar-refractivity contribution in [3.63, 3.8) is 0 Å². The molecule has 1 heterocycles. The van der Waals surface area contributed by atoms with Crippen LogP contribution in [0.15, 0.2) is 16.7 Å². The highest BCUT2D eigenvalue weighted by Gasteiger charge is 2.26. The summed E-state index contributed by atoms with van der Waals surface area (Å²) in [5.41, 5.74) is -1.10. The summed E-state index contributed by atoms with van der Waals surface area (Å²) in [7, 11) is 0. The first-order chi connectivity index (χ1) is 8.43. The third kappa shape index (κ3) is 1.84. The van der Waals surface area contributed by atoms with Crippen LogP contribution in [0, 0.1) is 18.6 Å². The lowest BCUT2D eigenvalue weighted by Crippen LogP contribution is -2.01. The Morgan fingerprint density at radius 2 is 2.00 bits per heavy atom.